The molecule has 0 radical (unpaired) electrons. The normalized spacial score (nSPS) is 11.0. The fourth-order valence-corrected chi connectivity index (χ4v) is 1.24. The summed E-state index contributed by atoms with van der Waals surface area (Å²) in [5.41, 5.74) is 5.59. The Bertz CT molecular complexity index is 256. The monoisotopic (exact) mass is 232 g/mol. The van der Waals surface area contributed by atoms with E-state index < -0.39 is 0 Å². The molecule has 0 spiro atoms. The molecule has 1 aromatic rings. The molecule has 4 nitrogen and oxygen atoms in total. The number of halogens is 1. The lowest BCUT2D eigenvalue weighted by molar-refractivity contribution is 0.490. The minimum Gasteiger partial charge on any atom is -0.368 e. The van der Waals surface area contributed by atoms with Gasteiger partial charge < -0.3 is 5.73 Å². The van der Waals surface area contributed by atoms with E-state index in [0.717, 1.165) is 13.0 Å². The average Bonchev–Trinajstić information content (AvgIpc) is 2.26. The summed E-state index contributed by atoms with van der Waals surface area (Å²) in [6, 6.07) is 0. The molecule has 68 valence electrons. The SMILES string of the molecule is CC(C)CCn1nc(Br)nc1N. The summed E-state index contributed by atoms with van der Waals surface area (Å²) < 4.78 is 2.27. The third-order valence-corrected chi connectivity index (χ3v) is 1.93. The van der Waals surface area contributed by atoms with Crippen LogP contribution < -0.4 is 5.73 Å². The molecule has 0 unspecified atom stereocenters. The van der Waals surface area contributed by atoms with Crippen LogP contribution in [0.1, 0.15) is 20.3 Å². The minimum absolute atomic E-state index is 0.475. The first-order valence-corrected chi connectivity index (χ1v) is 4.74. The Hall–Kier alpha value is -0.580. The van der Waals surface area contributed by atoms with Crippen LogP contribution in [0, 0.1) is 5.92 Å². The molecule has 1 aromatic heterocycles. The van der Waals surface area contributed by atoms with Gasteiger partial charge >= 0.3 is 0 Å². The van der Waals surface area contributed by atoms with Gasteiger partial charge in [-0.05, 0) is 28.3 Å². The van der Waals surface area contributed by atoms with Crippen molar-refractivity contribution in [1.29, 1.82) is 0 Å². The number of rotatable bonds is 3. The van der Waals surface area contributed by atoms with E-state index >= 15 is 0 Å². The molecule has 0 fully saturated rings. The van der Waals surface area contributed by atoms with Gasteiger partial charge in [-0.1, -0.05) is 13.8 Å². The van der Waals surface area contributed by atoms with Gasteiger partial charge in [0.15, 0.2) is 0 Å². The Morgan fingerprint density at radius 3 is 2.67 bits per heavy atom. The van der Waals surface area contributed by atoms with E-state index in [1.807, 2.05) is 0 Å². The van der Waals surface area contributed by atoms with Crippen molar-refractivity contribution in [2.45, 2.75) is 26.8 Å². The van der Waals surface area contributed by atoms with E-state index in [2.05, 4.69) is 39.9 Å². The fourth-order valence-electron chi connectivity index (χ4n) is 0.870. The highest BCUT2D eigenvalue weighted by Gasteiger charge is 2.04. The Morgan fingerprint density at radius 1 is 1.58 bits per heavy atom. The molecule has 0 atom stereocenters. The third-order valence-electron chi connectivity index (χ3n) is 1.59. The highest BCUT2D eigenvalue weighted by molar-refractivity contribution is 9.10. The number of hydrogen-bond donors (Lipinski definition) is 1. The van der Waals surface area contributed by atoms with Gasteiger partial charge in [-0.15, -0.1) is 5.10 Å². The molecular formula is C7H13BrN4. The van der Waals surface area contributed by atoms with Crippen molar-refractivity contribution in [1.82, 2.24) is 14.8 Å². The van der Waals surface area contributed by atoms with Crippen LogP contribution in [0.5, 0.6) is 0 Å². The number of nitrogens with two attached hydrogens (primary N) is 1. The lowest BCUT2D eigenvalue weighted by atomic mass is 10.1. The van der Waals surface area contributed by atoms with E-state index in [0.29, 0.717) is 16.6 Å². The smallest absolute Gasteiger partial charge is 0.219 e. The molecule has 0 aromatic carbocycles. The quantitative estimate of drug-likeness (QED) is 0.863. The van der Waals surface area contributed by atoms with Gasteiger partial charge in [-0.25, -0.2) is 4.68 Å². The van der Waals surface area contributed by atoms with Crippen LogP contribution >= 0.6 is 15.9 Å². The first-order valence-electron chi connectivity index (χ1n) is 3.95. The molecule has 0 amide bonds. The number of aryl methyl sites for hydroxylation is 1. The predicted octanol–water partition coefficient (Wildman–Crippen LogP) is 1.67. The second-order valence-corrected chi connectivity index (χ2v) is 3.85. The number of aromatic nitrogens is 3. The maximum absolute atomic E-state index is 5.59. The summed E-state index contributed by atoms with van der Waals surface area (Å²) in [5.74, 6) is 1.13. The van der Waals surface area contributed by atoms with Gasteiger partial charge in [0.05, 0.1) is 0 Å². The maximum Gasteiger partial charge on any atom is 0.219 e. The molecule has 0 saturated heterocycles. The van der Waals surface area contributed by atoms with Crippen molar-refractivity contribution >= 4 is 21.9 Å². The van der Waals surface area contributed by atoms with Crippen LogP contribution in [0.25, 0.3) is 0 Å². The number of anilines is 1. The van der Waals surface area contributed by atoms with Crippen molar-refractivity contribution in [3.8, 4) is 0 Å². The summed E-state index contributed by atoms with van der Waals surface area (Å²) >= 11 is 3.17. The number of nitrogen functional groups attached to an aromatic ring is 1. The van der Waals surface area contributed by atoms with Crippen molar-refractivity contribution in [2.24, 2.45) is 5.92 Å². The Labute approximate surface area is 80.3 Å². The molecule has 0 aliphatic carbocycles. The maximum atomic E-state index is 5.59. The lowest BCUT2D eigenvalue weighted by Crippen LogP contribution is -2.07. The van der Waals surface area contributed by atoms with Crippen LogP contribution in [0.4, 0.5) is 5.95 Å². The zero-order valence-corrected chi connectivity index (χ0v) is 8.87. The molecule has 1 heterocycles. The summed E-state index contributed by atoms with van der Waals surface area (Å²) in [5, 5.41) is 4.08. The van der Waals surface area contributed by atoms with Crippen molar-refractivity contribution < 1.29 is 0 Å². The van der Waals surface area contributed by atoms with Crippen LogP contribution in [0.3, 0.4) is 0 Å². The van der Waals surface area contributed by atoms with Crippen LogP contribution in [-0.2, 0) is 6.54 Å². The largest absolute Gasteiger partial charge is 0.368 e. The highest BCUT2D eigenvalue weighted by Crippen LogP contribution is 2.09. The van der Waals surface area contributed by atoms with Gasteiger partial charge in [0.2, 0.25) is 10.7 Å². The van der Waals surface area contributed by atoms with Crippen molar-refractivity contribution in [2.75, 3.05) is 5.73 Å². The summed E-state index contributed by atoms with van der Waals surface area (Å²) in [6.45, 7) is 5.17. The Morgan fingerprint density at radius 2 is 2.25 bits per heavy atom. The van der Waals surface area contributed by atoms with Crippen molar-refractivity contribution in [3.05, 3.63) is 4.73 Å². The Kier molecular flexibility index (Phi) is 3.08. The van der Waals surface area contributed by atoms with E-state index in [9.17, 15) is 0 Å². The van der Waals surface area contributed by atoms with Crippen LogP contribution in [0.2, 0.25) is 0 Å². The molecule has 5 heteroatoms. The predicted molar refractivity (Wildman–Crippen MR) is 51.6 cm³/mol. The zero-order valence-electron chi connectivity index (χ0n) is 7.29. The lowest BCUT2D eigenvalue weighted by Gasteiger charge is -2.04. The van der Waals surface area contributed by atoms with Crippen LogP contribution in [-0.4, -0.2) is 14.8 Å². The minimum atomic E-state index is 0.475. The van der Waals surface area contributed by atoms with E-state index in [1.165, 1.54) is 0 Å². The molecule has 0 saturated carbocycles. The first kappa shape index (κ1) is 9.51. The first-order chi connectivity index (χ1) is 5.59. The van der Waals surface area contributed by atoms with Gasteiger partial charge in [0.1, 0.15) is 0 Å². The van der Waals surface area contributed by atoms with Gasteiger partial charge in [0.25, 0.3) is 0 Å². The van der Waals surface area contributed by atoms with Crippen LogP contribution in [0.15, 0.2) is 4.73 Å². The second kappa shape index (κ2) is 3.89. The van der Waals surface area contributed by atoms with E-state index in [-0.39, 0.29) is 0 Å². The molecular weight excluding hydrogens is 220 g/mol. The number of hydrogen-bond acceptors (Lipinski definition) is 3. The second-order valence-electron chi connectivity index (χ2n) is 3.14. The molecule has 0 aliphatic rings. The van der Waals surface area contributed by atoms with Gasteiger partial charge in [-0.2, -0.15) is 4.98 Å². The van der Waals surface area contributed by atoms with E-state index in [4.69, 9.17) is 5.73 Å². The van der Waals surface area contributed by atoms with Gasteiger partial charge in [-0.3, -0.25) is 0 Å². The molecule has 0 bridgehead atoms. The molecule has 2 N–H and O–H groups in total. The topological polar surface area (TPSA) is 56.7 Å². The van der Waals surface area contributed by atoms with Gasteiger partial charge in [0, 0.05) is 6.54 Å². The zero-order chi connectivity index (χ0) is 9.14. The average molecular weight is 233 g/mol. The molecule has 1 rings (SSSR count). The third kappa shape index (κ3) is 2.48. The van der Waals surface area contributed by atoms with E-state index in [1.54, 1.807) is 4.68 Å². The summed E-state index contributed by atoms with van der Waals surface area (Å²) in [7, 11) is 0. The molecule has 12 heavy (non-hydrogen) atoms. The fraction of sp³-hybridized carbons (Fsp3) is 0.714. The summed E-state index contributed by atoms with van der Waals surface area (Å²) in [4.78, 5) is 3.94. The standard InChI is InChI=1S/C7H13BrN4/c1-5(2)3-4-12-7(9)10-6(8)11-12/h5H,3-4H2,1-2H3,(H2,9,10,11). The number of nitrogens with zero attached hydrogens (tertiary/aromatic N) is 3. The van der Waals surface area contributed by atoms with Crippen molar-refractivity contribution in [3.63, 3.8) is 0 Å². The molecule has 0 aliphatic heterocycles. The Balaban J connectivity index is 2.57. The highest BCUT2D eigenvalue weighted by atomic mass is 79.9. The summed E-state index contributed by atoms with van der Waals surface area (Å²) in [6.07, 6.45) is 1.07.